The van der Waals surface area contributed by atoms with Gasteiger partial charge in [-0.15, -0.1) is 0 Å². The molecule has 1 unspecified atom stereocenters. The summed E-state index contributed by atoms with van der Waals surface area (Å²) in [5.41, 5.74) is 0. The molecule has 1 saturated heterocycles. The number of hydrogen-bond acceptors (Lipinski definition) is 4. The summed E-state index contributed by atoms with van der Waals surface area (Å²) < 4.78 is 4.90. The van der Waals surface area contributed by atoms with E-state index >= 15 is 0 Å². The Labute approximate surface area is 66.6 Å². The third kappa shape index (κ3) is 1.33. The number of aliphatic hydroxyl groups is 3. The van der Waals surface area contributed by atoms with Crippen LogP contribution in [-0.2, 0) is 4.74 Å². The zero-order valence-corrected chi connectivity index (χ0v) is 6.73. The molecule has 0 saturated carbocycles. The highest BCUT2D eigenvalue weighted by atomic mass is 79.9. The number of alkyl halides is 1. The van der Waals surface area contributed by atoms with Crippen molar-refractivity contribution in [1.82, 2.24) is 0 Å². The number of ether oxygens (including phenoxy) is 1. The van der Waals surface area contributed by atoms with Crippen molar-refractivity contribution >= 4 is 15.9 Å². The lowest BCUT2D eigenvalue weighted by atomic mass is 10.2. The quantitative estimate of drug-likeness (QED) is 0.479. The van der Waals surface area contributed by atoms with Crippen LogP contribution in [0.15, 0.2) is 0 Å². The lowest BCUT2D eigenvalue weighted by Gasteiger charge is -2.09. The number of hydrogen-bond donors (Lipinski definition) is 3. The molecule has 1 rings (SSSR count). The first-order chi connectivity index (χ1) is 4.66. The molecule has 0 radical (unpaired) electrons. The fourth-order valence-corrected chi connectivity index (χ4v) is 1.44. The Morgan fingerprint density at radius 3 is 2.10 bits per heavy atom. The minimum Gasteiger partial charge on any atom is -0.394 e. The van der Waals surface area contributed by atoms with Crippen LogP contribution in [0.25, 0.3) is 0 Å². The van der Waals surface area contributed by atoms with Crippen LogP contribution in [0.1, 0.15) is 0 Å². The van der Waals surface area contributed by atoms with Crippen molar-refractivity contribution in [3.63, 3.8) is 0 Å². The van der Waals surface area contributed by atoms with Crippen LogP contribution in [0.4, 0.5) is 0 Å². The Hall–Kier alpha value is 0.320. The van der Waals surface area contributed by atoms with Gasteiger partial charge >= 0.3 is 0 Å². The number of halogens is 1. The van der Waals surface area contributed by atoms with Crippen LogP contribution in [-0.4, -0.2) is 45.3 Å². The standard InChI is InChI=1S/C5H9BrO4/c6-5-4(9)3(8)2(1-7)10-5/h2-5,7-9H,1H2/t2-,3-,4-,5?/m0/s1. The normalized spacial score (nSPS) is 48.0. The third-order valence-electron chi connectivity index (χ3n) is 1.48. The van der Waals surface area contributed by atoms with Crippen LogP contribution in [0.5, 0.6) is 0 Å². The van der Waals surface area contributed by atoms with Gasteiger partial charge in [0.05, 0.1) is 6.61 Å². The molecule has 0 spiro atoms. The summed E-state index contributed by atoms with van der Waals surface area (Å²) in [6, 6.07) is 0. The van der Waals surface area contributed by atoms with E-state index in [1.807, 2.05) is 0 Å². The predicted molar refractivity (Wildman–Crippen MR) is 36.7 cm³/mol. The molecule has 3 N–H and O–H groups in total. The van der Waals surface area contributed by atoms with E-state index < -0.39 is 23.3 Å². The Morgan fingerprint density at radius 1 is 1.30 bits per heavy atom. The third-order valence-corrected chi connectivity index (χ3v) is 2.24. The van der Waals surface area contributed by atoms with Gasteiger partial charge in [0, 0.05) is 0 Å². The lowest BCUT2D eigenvalue weighted by molar-refractivity contribution is -0.00760. The molecule has 0 aromatic rings. The van der Waals surface area contributed by atoms with E-state index in [-0.39, 0.29) is 6.61 Å². The Bertz CT molecular complexity index is 120. The second-order valence-electron chi connectivity index (χ2n) is 2.19. The number of rotatable bonds is 1. The molecule has 0 bridgehead atoms. The van der Waals surface area contributed by atoms with Gasteiger partial charge in [-0.25, -0.2) is 0 Å². The van der Waals surface area contributed by atoms with Gasteiger partial charge < -0.3 is 20.1 Å². The molecule has 10 heavy (non-hydrogen) atoms. The summed E-state index contributed by atoms with van der Waals surface area (Å²) in [6.07, 6.45) is -2.61. The smallest absolute Gasteiger partial charge is 0.141 e. The average Bonchev–Trinajstić information content (AvgIpc) is 2.17. The van der Waals surface area contributed by atoms with Crippen molar-refractivity contribution in [3.8, 4) is 0 Å². The van der Waals surface area contributed by atoms with Crippen LogP contribution in [0, 0.1) is 0 Å². The Morgan fingerprint density at radius 2 is 1.90 bits per heavy atom. The largest absolute Gasteiger partial charge is 0.394 e. The van der Waals surface area contributed by atoms with E-state index in [0.29, 0.717) is 0 Å². The second-order valence-corrected chi connectivity index (χ2v) is 3.09. The molecule has 5 heteroatoms. The fourth-order valence-electron chi connectivity index (χ4n) is 0.854. The van der Waals surface area contributed by atoms with Crippen LogP contribution >= 0.6 is 15.9 Å². The van der Waals surface area contributed by atoms with Gasteiger partial charge in [0.2, 0.25) is 0 Å². The summed E-state index contributed by atoms with van der Waals surface area (Å²) in [6.45, 7) is -0.277. The highest BCUT2D eigenvalue weighted by Crippen LogP contribution is 2.24. The fraction of sp³-hybridized carbons (Fsp3) is 1.00. The second kappa shape index (κ2) is 3.15. The molecule has 1 aliphatic heterocycles. The summed E-state index contributed by atoms with van der Waals surface area (Å²) in [5.74, 6) is 0. The van der Waals surface area contributed by atoms with Crippen LogP contribution in [0.3, 0.4) is 0 Å². The molecule has 4 nitrogen and oxygen atoms in total. The maximum absolute atomic E-state index is 9.06. The first-order valence-corrected chi connectivity index (χ1v) is 3.85. The first kappa shape index (κ1) is 8.42. The van der Waals surface area contributed by atoms with E-state index in [1.165, 1.54) is 0 Å². The Balaban J connectivity index is 2.53. The van der Waals surface area contributed by atoms with Gasteiger partial charge in [-0.05, 0) is 0 Å². The maximum atomic E-state index is 9.06. The van der Waals surface area contributed by atoms with Gasteiger partial charge in [-0.3, -0.25) is 0 Å². The predicted octanol–water partition coefficient (Wildman–Crippen LogP) is -1.18. The molecular formula is C5H9BrO4. The number of aliphatic hydroxyl groups excluding tert-OH is 3. The van der Waals surface area contributed by atoms with Crippen molar-refractivity contribution in [2.45, 2.75) is 23.3 Å². The lowest BCUT2D eigenvalue weighted by Crippen LogP contribution is -2.32. The van der Waals surface area contributed by atoms with Crippen molar-refractivity contribution in [1.29, 1.82) is 0 Å². The molecule has 0 aliphatic carbocycles. The summed E-state index contributed by atoms with van der Waals surface area (Å²) in [7, 11) is 0. The first-order valence-electron chi connectivity index (χ1n) is 2.93. The summed E-state index contributed by atoms with van der Waals surface area (Å²) >= 11 is 2.98. The SMILES string of the molecule is OC[C@@H]1OC(Br)[C@@H](O)[C@H]1O. The van der Waals surface area contributed by atoms with E-state index in [0.717, 1.165) is 0 Å². The van der Waals surface area contributed by atoms with Crippen LogP contribution < -0.4 is 0 Å². The van der Waals surface area contributed by atoms with E-state index in [2.05, 4.69) is 15.9 Å². The van der Waals surface area contributed by atoms with Crippen molar-refractivity contribution < 1.29 is 20.1 Å². The summed E-state index contributed by atoms with van der Waals surface area (Å²) in [5, 5.41) is 26.1. The van der Waals surface area contributed by atoms with Crippen molar-refractivity contribution in [2.24, 2.45) is 0 Å². The van der Waals surface area contributed by atoms with Gasteiger partial charge in [-0.1, -0.05) is 15.9 Å². The zero-order chi connectivity index (χ0) is 7.72. The molecular weight excluding hydrogens is 204 g/mol. The van der Waals surface area contributed by atoms with Crippen molar-refractivity contribution in [3.05, 3.63) is 0 Å². The zero-order valence-electron chi connectivity index (χ0n) is 5.14. The Kier molecular flexibility index (Phi) is 2.65. The van der Waals surface area contributed by atoms with E-state index in [4.69, 9.17) is 20.1 Å². The van der Waals surface area contributed by atoms with Crippen molar-refractivity contribution in [2.75, 3.05) is 6.61 Å². The van der Waals surface area contributed by atoms with Gasteiger partial charge in [0.15, 0.2) is 0 Å². The van der Waals surface area contributed by atoms with Crippen LogP contribution in [0.2, 0.25) is 0 Å². The highest BCUT2D eigenvalue weighted by Gasteiger charge is 2.40. The minimum atomic E-state index is -0.991. The molecule has 60 valence electrons. The molecule has 1 heterocycles. The maximum Gasteiger partial charge on any atom is 0.141 e. The van der Waals surface area contributed by atoms with Gasteiger partial charge in [0.1, 0.15) is 23.3 Å². The molecule has 0 aromatic carbocycles. The average molecular weight is 213 g/mol. The topological polar surface area (TPSA) is 69.9 Å². The molecule has 4 atom stereocenters. The molecule has 1 aliphatic rings. The molecule has 0 aromatic heterocycles. The minimum absolute atomic E-state index is 0.277. The molecule has 0 amide bonds. The highest BCUT2D eigenvalue weighted by molar-refractivity contribution is 9.09. The van der Waals surface area contributed by atoms with Gasteiger partial charge in [-0.2, -0.15) is 0 Å². The van der Waals surface area contributed by atoms with E-state index in [1.54, 1.807) is 0 Å². The van der Waals surface area contributed by atoms with Gasteiger partial charge in [0.25, 0.3) is 0 Å². The summed E-state index contributed by atoms with van der Waals surface area (Å²) in [4.78, 5) is 0. The van der Waals surface area contributed by atoms with E-state index in [9.17, 15) is 0 Å². The monoisotopic (exact) mass is 212 g/mol. The molecule has 1 fully saturated rings.